The van der Waals surface area contributed by atoms with Crippen LogP contribution in [0.2, 0.25) is 0 Å². The summed E-state index contributed by atoms with van der Waals surface area (Å²) < 4.78 is 6.26. The van der Waals surface area contributed by atoms with Crippen molar-refractivity contribution in [2.24, 2.45) is 0 Å². The summed E-state index contributed by atoms with van der Waals surface area (Å²) >= 11 is 5.00. The number of nitrogens with zero attached hydrogens (tertiary/aromatic N) is 1. The second kappa shape index (κ2) is 7.66. The van der Waals surface area contributed by atoms with E-state index in [2.05, 4.69) is 15.9 Å². The lowest BCUT2D eigenvalue weighted by Gasteiger charge is -2.13. The van der Waals surface area contributed by atoms with Crippen molar-refractivity contribution in [1.82, 2.24) is 5.06 Å². The maximum Gasteiger partial charge on any atom is 0.246 e. The molecule has 0 N–H and O–H groups in total. The fourth-order valence-corrected chi connectivity index (χ4v) is 2.78. The number of hydrogen-bond donors (Lipinski definition) is 0. The Kier molecular flexibility index (Phi) is 6.52. The molecular weight excluding hydrogens is 318 g/mol. The van der Waals surface area contributed by atoms with E-state index in [1.54, 1.807) is 25.9 Å². The Morgan fingerprint density at radius 2 is 2.17 bits per heavy atom. The summed E-state index contributed by atoms with van der Waals surface area (Å²) in [5.41, 5.74) is 0. The molecule has 0 fully saturated rings. The molecule has 0 heterocycles. The van der Waals surface area contributed by atoms with E-state index in [0.29, 0.717) is 12.2 Å². The van der Waals surface area contributed by atoms with Crippen molar-refractivity contribution >= 4 is 33.6 Å². The zero-order valence-electron chi connectivity index (χ0n) is 10.6. The van der Waals surface area contributed by atoms with Gasteiger partial charge in [-0.25, -0.2) is 5.06 Å². The number of benzene rings is 1. The highest BCUT2D eigenvalue weighted by atomic mass is 79.9. The molecule has 1 amide bonds. The summed E-state index contributed by atoms with van der Waals surface area (Å²) in [7, 11) is 4.71. The van der Waals surface area contributed by atoms with Crippen LogP contribution >= 0.6 is 27.7 Å². The number of thioether (sulfide) groups is 1. The molecule has 0 aliphatic carbocycles. The summed E-state index contributed by atoms with van der Waals surface area (Å²) in [6.45, 7) is 0. The molecule has 0 aliphatic heterocycles. The molecule has 0 bridgehead atoms. The minimum absolute atomic E-state index is 0.0426. The fraction of sp³-hybridized carbons (Fsp3) is 0.417. The Morgan fingerprint density at radius 3 is 2.78 bits per heavy atom. The van der Waals surface area contributed by atoms with E-state index in [4.69, 9.17) is 9.57 Å². The first-order valence-electron chi connectivity index (χ1n) is 5.35. The van der Waals surface area contributed by atoms with Crippen LogP contribution < -0.4 is 4.74 Å². The molecule has 0 spiro atoms. The molecule has 0 unspecified atom stereocenters. The predicted octanol–water partition coefficient (Wildman–Crippen LogP) is 2.96. The molecule has 0 radical (unpaired) electrons. The summed E-state index contributed by atoms with van der Waals surface area (Å²) in [5.74, 6) is 1.45. The van der Waals surface area contributed by atoms with Gasteiger partial charge in [0.1, 0.15) is 5.75 Å². The lowest BCUT2D eigenvalue weighted by Crippen LogP contribution is -2.25. The number of hydroxylamine groups is 2. The number of carbonyl (C=O) groups excluding carboxylic acids is 1. The van der Waals surface area contributed by atoms with Crippen LogP contribution in [0.25, 0.3) is 0 Å². The second-order valence-electron chi connectivity index (χ2n) is 3.47. The molecule has 0 aromatic heterocycles. The first-order chi connectivity index (χ1) is 8.58. The highest BCUT2D eigenvalue weighted by Crippen LogP contribution is 2.32. The third-order valence-corrected chi connectivity index (χ3v) is 3.86. The van der Waals surface area contributed by atoms with Gasteiger partial charge in [0.15, 0.2) is 0 Å². The van der Waals surface area contributed by atoms with Crippen LogP contribution in [0, 0.1) is 0 Å². The molecule has 1 aromatic carbocycles. The van der Waals surface area contributed by atoms with Gasteiger partial charge in [0.2, 0.25) is 5.91 Å². The Balaban J connectivity index is 2.53. The zero-order chi connectivity index (χ0) is 13.5. The Bertz CT molecular complexity index is 414. The van der Waals surface area contributed by atoms with E-state index >= 15 is 0 Å². The molecule has 0 saturated carbocycles. The van der Waals surface area contributed by atoms with Gasteiger partial charge in [0.25, 0.3) is 0 Å². The first kappa shape index (κ1) is 15.3. The second-order valence-corrected chi connectivity index (χ2v) is 5.52. The molecule has 6 heteroatoms. The van der Waals surface area contributed by atoms with Crippen molar-refractivity contribution in [3.05, 3.63) is 22.7 Å². The van der Waals surface area contributed by atoms with Crippen LogP contribution in [-0.4, -0.2) is 38.0 Å². The van der Waals surface area contributed by atoms with Crippen LogP contribution in [0.4, 0.5) is 0 Å². The molecule has 1 aromatic rings. The van der Waals surface area contributed by atoms with Gasteiger partial charge in [-0.05, 0) is 18.2 Å². The van der Waals surface area contributed by atoms with Gasteiger partial charge in [-0.3, -0.25) is 9.63 Å². The van der Waals surface area contributed by atoms with Crippen LogP contribution in [0.15, 0.2) is 27.6 Å². The minimum atomic E-state index is -0.0426. The zero-order valence-corrected chi connectivity index (χ0v) is 13.0. The van der Waals surface area contributed by atoms with E-state index in [-0.39, 0.29) is 5.91 Å². The van der Waals surface area contributed by atoms with Crippen LogP contribution in [0.5, 0.6) is 5.75 Å². The van der Waals surface area contributed by atoms with E-state index in [9.17, 15) is 4.79 Å². The molecule has 0 aliphatic rings. The standard InChI is InChI=1S/C12H16BrNO3S/c1-14(17-3)12(15)6-7-18-11-8-9(13)4-5-10(11)16-2/h4-5,8H,6-7H2,1-3H3. The molecule has 4 nitrogen and oxygen atoms in total. The topological polar surface area (TPSA) is 38.8 Å². The van der Waals surface area contributed by atoms with E-state index in [1.165, 1.54) is 12.2 Å². The normalized spacial score (nSPS) is 10.2. The van der Waals surface area contributed by atoms with Crippen molar-refractivity contribution in [2.75, 3.05) is 27.0 Å². The first-order valence-corrected chi connectivity index (χ1v) is 7.13. The van der Waals surface area contributed by atoms with Crippen LogP contribution in [0.1, 0.15) is 6.42 Å². The van der Waals surface area contributed by atoms with Gasteiger partial charge in [-0.15, -0.1) is 11.8 Å². The maximum absolute atomic E-state index is 11.5. The Morgan fingerprint density at radius 1 is 1.44 bits per heavy atom. The Labute approximate surface area is 120 Å². The molecule has 18 heavy (non-hydrogen) atoms. The molecule has 0 atom stereocenters. The van der Waals surface area contributed by atoms with Gasteiger partial charge < -0.3 is 4.74 Å². The maximum atomic E-state index is 11.5. The van der Waals surface area contributed by atoms with Crippen molar-refractivity contribution in [3.8, 4) is 5.75 Å². The summed E-state index contributed by atoms with van der Waals surface area (Å²) in [6.07, 6.45) is 0.421. The molecule has 100 valence electrons. The molecule has 0 saturated heterocycles. The lowest BCUT2D eigenvalue weighted by molar-refractivity contribution is -0.168. The quantitative estimate of drug-likeness (QED) is 0.592. The van der Waals surface area contributed by atoms with Gasteiger partial charge in [0.05, 0.1) is 19.1 Å². The van der Waals surface area contributed by atoms with Crippen molar-refractivity contribution < 1.29 is 14.4 Å². The average Bonchev–Trinajstić information content (AvgIpc) is 2.38. The highest BCUT2D eigenvalue weighted by Gasteiger charge is 2.09. The van der Waals surface area contributed by atoms with Gasteiger partial charge >= 0.3 is 0 Å². The summed E-state index contributed by atoms with van der Waals surface area (Å²) in [4.78, 5) is 17.4. The lowest BCUT2D eigenvalue weighted by atomic mass is 10.3. The number of halogens is 1. The summed E-state index contributed by atoms with van der Waals surface area (Å²) in [6, 6.07) is 5.80. The molecular formula is C12H16BrNO3S. The van der Waals surface area contributed by atoms with Crippen molar-refractivity contribution in [2.45, 2.75) is 11.3 Å². The fourth-order valence-electron chi connectivity index (χ4n) is 1.27. The largest absolute Gasteiger partial charge is 0.496 e. The average molecular weight is 334 g/mol. The highest BCUT2D eigenvalue weighted by molar-refractivity contribution is 9.10. The number of methoxy groups -OCH3 is 1. The predicted molar refractivity (Wildman–Crippen MR) is 75.8 cm³/mol. The Hall–Kier alpha value is -0.720. The van der Waals surface area contributed by atoms with Crippen molar-refractivity contribution in [1.29, 1.82) is 0 Å². The number of ether oxygens (including phenoxy) is 1. The smallest absolute Gasteiger partial charge is 0.246 e. The molecule has 1 rings (SSSR count). The number of carbonyl (C=O) groups is 1. The number of hydrogen-bond acceptors (Lipinski definition) is 4. The van der Waals surface area contributed by atoms with Crippen molar-refractivity contribution in [3.63, 3.8) is 0 Å². The van der Waals surface area contributed by atoms with Gasteiger partial charge in [-0.1, -0.05) is 15.9 Å². The third kappa shape index (κ3) is 4.51. The minimum Gasteiger partial charge on any atom is -0.496 e. The van der Waals surface area contributed by atoms with E-state index in [1.807, 2.05) is 18.2 Å². The van der Waals surface area contributed by atoms with E-state index < -0.39 is 0 Å². The van der Waals surface area contributed by atoms with Crippen LogP contribution in [-0.2, 0) is 9.63 Å². The van der Waals surface area contributed by atoms with Gasteiger partial charge in [-0.2, -0.15) is 0 Å². The number of rotatable bonds is 6. The number of amides is 1. The summed E-state index contributed by atoms with van der Waals surface area (Å²) in [5, 5.41) is 1.23. The third-order valence-electron chi connectivity index (χ3n) is 2.32. The van der Waals surface area contributed by atoms with E-state index in [0.717, 1.165) is 15.1 Å². The van der Waals surface area contributed by atoms with Crippen LogP contribution in [0.3, 0.4) is 0 Å². The van der Waals surface area contributed by atoms with Gasteiger partial charge in [0, 0.05) is 23.7 Å². The SMILES string of the molecule is COc1ccc(Br)cc1SCCC(=O)N(C)OC. The monoisotopic (exact) mass is 333 g/mol.